The van der Waals surface area contributed by atoms with E-state index in [4.69, 9.17) is 21.1 Å². The SMILES string of the molecule is COCCCN(C)S(=O)(=O)c1ccc(OC)c(Cl)c1. The van der Waals surface area contributed by atoms with Crippen LogP contribution in [-0.2, 0) is 14.8 Å². The fourth-order valence-electron chi connectivity index (χ4n) is 1.54. The molecule has 0 saturated carbocycles. The van der Waals surface area contributed by atoms with Crippen molar-refractivity contribution in [3.63, 3.8) is 0 Å². The van der Waals surface area contributed by atoms with Crippen LogP contribution in [0.25, 0.3) is 0 Å². The molecule has 0 aromatic heterocycles. The van der Waals surface area contributed by atoms with Gasteiger partial charge in [0.25, 0.3) is 0 Å². The van der Waals surface area contributed by atoms with Crippen LogP contribution < -0.4 is 4.74 Å². The second-order valence-electron chi connectivity index (χ2n) is 3.97. The zero-order valence-corrected chi connectivity index (χ0v) is 12.8. The molecule has 0 aliphatic carbocycles. The van der Waals surface area contributed by atoms with Crippen molar-refractivity contribution in [1.82, 2.24) is 4.31 Å². The summed E-state index contributed by atoms with van der Waals surface area (Å²) < 4.78 is 35.7. The number of halogens is 1. The molecule has 0 bridgehead atoms. The summed E-state index contributed by atoms with van der Waals surface area (Å²) in [5.74, 6) is 0.447. The Hall–Kier alpha value is -0.820. The zero-order chi connectivity index (χ0) is 14.5. The summed E-state index contributed by atoms with van der Waals surface area (Å²) >= 11 is 5.94. The second-order valence-corrected chi connectivity index (χ2v) is 6.42. The van der Waals surface area contributed by atoms with Crippen LogP contribution in [0.2, 0.25) is 5.02 Å². The summed E-state index contributed by atoms with van der Waals surface area (Å²) in [4.78, 5) is 0.151. The second kappa shape index (κ2) is 7.09. The van der Waals surface area contributed by atoms with E-state index in [1.54, 1.807) is 7.11 Å². The number of hydrogen-bond acceptors (Lipinski definition) is 4. The first kappa shape index (κ1) is 16.2. The maximum absolute atomic E-state index is 12.3. The molecule has 0 radical (unpaired) electrons. The number of ether oxygens (including phenoxy) is 2. The van der Waals surface area contributed by atoms with Gasteiger partial charge in [0.15, 0.2) is 0 Å². The Balaban J connectivity index is 2.90. The number of sulfonamides is 1. The third-order valence-electron chi connectivity index (χ3n) is 2.65. The maximum Gasteiger partial charge on any atom is 0.242 e. The van der Waals surface area contributed by atoms with Crippen molar-refractivity contribution in [3.8, 4) is 5.75 Å². The van der Waals surface area contributed by atoms with Crippen LogP contribution in [0.1, 0.15) is 6.42 Å². The molecular weight excluding hydrogens is 290 g/mol. The fourth-order valence-corrected chi connectivity index (χ4v) is 3.10. The first-order valence-corrected chi connectivity index (χ1v) is 7.54. The molecule has 5 nitrogen and oxygen atoms in total. The van der Waals surface area contributed by atoms with Crippen molar-refractivity contribution in [3.05, 3.63) is 23.2 Å². The third-order valence-corrected chi connectivity index (χ3v) is 4.80. The van der Waals surface area contributed by atoms with Crippen LogP contribution in [-0.4, -0.2) is 47.1 Å². The minimum atomic E-state index is -3.53. The van der Waals surface area contributed by atoms with Crippen molar-refractivity contribution >= 4 is 21.6 Å². The number of methoxy groups -OCH3 is 2. The fraction of sp³-hybridized carbons (Fsp3) is 0.500. The van der Waals surface area contributed by atoms with Crippen LogP contribution in [0.5, 0.6) is 5.75 Å². The van der Waals surface area contributed by atoms with E-state index < -0.39 is 10.0 Å². The normalized spacial score (nSPS) is 11.8. The minimum Gasteiger partial charge on any atom is -0.495 e. The molecule has 0 heterocycles. The molecule has 0 spiro atoms. The standard InChI is InChI=1S/C12H18ClNO4S/c1-14(7-4-8-17-2)19(15,16)10-5-6-12(18-3)11(13)9-10/h5-6,9H,4,7-8H2,1-3H3. The van der Waals surface area contributed by atoms with Gasteiger partial charge in [-0.1, -0.05) is 11.6 Å². The van der Waals surface area contributed by atoms with Gasteiger partial charge < -0.3 is 9.47 Å². The highest BCUT2D eigenvalue weighted by molar-refractivity contribution is 7.89. The van der Waals surface area contributed by atoms with E-state index in [1.807, 2.05) is 0 Å². The summed E-state index contributed by atoms with van der Waals surface area (Å²) in [7, 11) is 1.06. The van der Waals surface area contributed by atoms with E-state index in [1.165, 1.54) is 36.7 Å². The summed E-state index contributed by atoms with van der Waals surface area (Å²) in [5.41, 5.74) is 0. The predicted molar refractivity (Wildman–Crippen MR) is 74.3 cm³/mol. The molecule has 1 aromatic rings. The molecule has 19 heavy (non-hydrogen) atoms. The Morgan fingerprint density at radius 1 is 1.32 bits per heavy atom. The smallest absolute Gasteiger partial charge is 0.242 e. The van der Waals surface area contributed by atoms with E-state index in [2.05, 4.69) is 0 Å². The van der Waals surface area contributed by atoms with E-state index in [9.17, 15) is 8.42 Å². The molecule has 0 aliphatic heterocycles. The number of nitrogens with zero attached hydrogens (tertiary/aromatic N) is 1. The Bertz CT molecular complexity index is 518. The Labute approximate surface area is 119 Å². The number of rotatable bonds is 7. The molecule has 0 aliphatic rings. The molecule has 108 valence electrons. The van der Waals surface area contributed by atoms with Crippen LogP contribution in [0.15, 0.2) is 23.1 Å². The highest BCUT2D eigenvalue weighted by atomic mass is 35.5. The zero-order valence-electron chi connectivity index (χ0n) is 11.2. The van der Waals surface area contributed by atoms with Gasteiger partial charge in [-0.2, -0.15) is 0 Å². The van der Waals surface area contributed by atoms with Gasteiger partial charge in [-0.3, -0.25) is 0 Å². The van der Waals surface area contributed by atoms with Gasteiger partial charge in [0.05, 0.1) is 17.0 Å². The van der Waals surface area contributed by atoms with Crippen molar-refractivity contribution < 1.29 is 17.9 Å². The van der Waals surface area contributed by atoms with Gasteiger partial charge in [0.2, 0.25) is 10.0 Å². The molecule has 1 aromatic carbocycles. The predicted octanol–water partition coefficient (Wildman–Crippen LogP) is 2.01. The summed E-state index contributed by atoms with van der Waals surface area (Å²) in [6.07, 6.45) is 0.635. The molecule has 0 unspecified atom stereocenters. The summed E-state index contributed by atoms with van der Waals surface area (Å²) in [6.45, 7) is 0.906. The van der Waals surface area contributed by atoms with Gasteiger partial charge in [0, 0.05) is 27.3 Å². The van der Waals surface area contributed by atoms with Gasteiger partial charge in [-0.15, -0.1) is 0 Å². The van der Waals surface area contributed by atoms with Crippen LogP contribution >= 0.6 is 11.6 Å². The Kier molecular flexibility index (Phi) is 6.06. The Morgan fingerprint density at radius 3 is 2.53 bits per heavy atom. The summed E-state index contributed by atoms with van der Waals surface area (Å²) in [5, 5.41) is 0.272. The molecule has 0 N–H and O–H groups in total. The largest absolute Gasteiger partial charge is 0.495 e. The van der Waals surface area contributed by atoms with Gasteiger partial charge in [-0.05, 0) is 24.6 Å². The molecule has 7 heteroatoms. The van der Waals surface area contributed by atoms with Gasteiger partial charge >= 0.3 is 0 Å². The third kappa shape index (κ3) is 4.07. The lowest BCUT2D eigenvalue weighted by Gasteiger charge is -2.17. The van der Waals surface area contributed by atoms with Gasteiger partial charge in [0.1, 0.15) is 5.75 Å². The first-order chi connectivity index (χ1) is 8.93. The van der Waals surface area contributed by atoms with E-state index >= 15 is 0 Å². The first-order valence-electron chi connectivity index (χ1n) is 5.72. The van der Waals surface area contributed by atoms with Crippen molar-refractivity contribution in [2.24, 2.45) is 0 Å². The Morgan fingerprint density at radius 2 is 2.00 bits per heavy atom. The van der Waals surface area contributed by atoms with E-state index in [0.717, 1.165) is 0 Å². The maximum atomic E-state index is 12.3. The number of hydrogen-bond donors (Lipinski definition) is 0. The lowest BCUT2D eigenvalue weighted by molar-refractivity contribution is 0.189. The van der Waals surface area contributed by atoms with Crippen LogP contribution in [0.3, 0.4) is 0 Å². The average molecular weight is 308 g/mol. The van der Waals surface area contributed by atoms with E-state index in [0.29, 0.717) is 25.3 Å². The highest BCUT2D eigenvalue weighted by Crippen LogP contribution is 2.28. The van der Waals surface area contributed by atoms with Crippen molar-refractivity contribution in [2.75, 3.05) is 34.4 Å². The molecular formula is C12H18ClNO4S. The van der Waals surface area contributed by atoms with Crippen molar-refractivity contribution in [1.29, 1.82) is 0 Å². The number of benzene rings is 1. The minimum absolute atomic E-state index is 0.151. The van der Waals surface area contributed by atoms with Crippen molar-refractivity contribution in [2.45, 2.75) is 11.3 Å². The topological polar surface area (TPSA) is 55.8 Å². The molecule has 0 fully saturated rings. The lowest BCUT2D eigenvalue weighted by atomic mass is 10.3. The average Bonchev–Trinajstić information content (AvgIpc) is 2.38. The summed E-state index contributed by atoms with van der Waals surface area (Å²) in [6, 6.07) is 4.41. The van der Waals surface area contributed by atoms with Crippen LogP contribution in [0.4, 0.5) is 0 Å². The highest BCUT2D eigenvalue weighted by Gasteiger charge is 2.21. The van der Waals surface area contributed by atoms with E-state index in [-0.39, 0.29) is 9.92 Å². The molecule has 1 rings (SSSR count). The molecule has 0 saturated heterocycles. The molecule has 0 atom stereocenters. The lowest BCUT2D eigenvalue weighted by Crippen LogP contribution is -2.28. The monoisotopic (exact) mass is 307 g/mol. The quantitative estimate of drug-likeness (QED) is 0.723. The van der Waals surface area contributed by atoms with Gasteiger partial charge in [-0.25, -0.2) is 12.7 Å². The van der Waals surface area contributed by atoms with Crippen LogP contribution in [0, 0.1) is 0 Å². The molecule has 0 amide bonds.